The molecule has 0 saturated heterocycles. The maximum Gasteiger partial charge on any atom is 0.255 e. The van der Waals surface area contributed by atoms with Gasteiger partial charge in [0.05, 0.1) is 26.4 Å². The van der Waals surface area contributed by atoms with Crippen LogP contribution in [0.3, 0.4) is 0 Å². The van der Waals surface area contributed by atoms with Crippen LogP contribution in [-0.2, 0) is 4.74 Å². The second-order valence-corrected chi connectivity index (χ2v) is 3.31. The van der Waals surface area contributed by atoms with Gasteiger partial charge in [-0.1, -0.05) is 0 Å². The van der Waals surface area contributed by atoms with Gasteiger partial charge in [-0.2, -0.15) is 0 Å². The highest BCUT2D eigenvalue weighted by Gasteiger charge is 2.12. The third-order valence-electron chi connectivity index (χ3n) is 2.25. The Kier molecular flexibility index (Phi) is 5.29. The first-order valence-electron chi connectivity index (χ1n) is 5.22. The molecular weight excluding hydrogens is 222 g/mol. The molecule has 1 aromatic rings. The molecule has 0 aromatic heterocycles. The lowest BCUT2D eigenvalue weighted by molar-refractivity contribution is 0.0934. The van der Waals surface area contributed by atoms with E-state index in [1.807, 2.05) is 0 Å². The molecule has 0 bridgehead atoms. The Hall–Kier alpha value is -1.75. The number of nitrogens with one attached hydrogen (secondary N) is 1. The molecule has 0 heterocycles. The van der Waals surface area contributed by atoms with E-state index in [4.69, 9.17) is 14.2 Å². The molecule has 17 heavy (non-hydrogen) atoms. The third-order valence-corrected chi connectivity index (χ3v) is 2.25. The van der Waals surface area contributed by atoms with Gasteiger partial charge in [0, 0.05) is 19.7 Å². The molecule has 1 aromatic carbocycles. The van der Waals surface area contributed by atoms with Crippen LogP contribution < -0.4 is 14.8 Å². The second-order valence-electron chi connectivity index (χ2n) is 3.31. The molecular formula is C12H17NO4. The summed E-state index contributed by atoms with van der Waals surface area (Å²) < 4.78 is 15.1. The van der Waals surface area contributed by atoms with Gasteiger partial charge in [0.15, 0.2) is 0 Å². The summed E-state index contributed by atoms with van der Waals surface area (Å²) in [6.45, 7) is 0.939. The van der Waals surface area contributed by atoms with Crippen molar-refractivity contribution in [3.8, 4) is 11.5 Å². The van der Waals surface area contributed by atoms with Gasteiger partial charge >= 0.3 is 0 Å². The summed E-state index contributed by atoms with van der Waals surface area (Å²) in [5.41, 5.74) is 0.476. The summed E-state index contributed by atoms with van der Waals surface area (Å²) in [7, 11) is 4.66. The Labute approximate surface area is 101 Å². The number of methoxy groups -OCH3 is 3. The highest BCUT2D eigenvalue weighted by Crippen LogP contribution is 2.24. The maximum absolute atomic E-state index is 11.8. The Morgan fingerprint density at radius 3 is 2.59 bits per heavy atom. The molecule has 0 fully saturated rings. The fourth-order valence-corrected chi connectivity index (χ4v) is 1.35. The van der Waals surface area contributed by atoms with Gasteiger partial charge in [0.1, 0.15) is 11.5 Å². The van der Waals surface area contributed by atoms with E-state index in [1.54, 1.807) is 32.4 Å². The fourth-order valence-electron chi connectivity index (χ4n) is 1.35. The molecule has 5 nitrogen and oxygen atoms in total. The molecule has 0 atom stereocenters. The average Bonchev–Trinajstić information content (AvgIpc) is 2.38. The van der Waals surface area contributed by atoms with Crippen molar-refractivity contribution in [1.82, 2.24) is 5.32 Å². The largest absolute Gasteiger partial charge is 0.497 e. The minimum Gasteiger partial charge on any atom is -0.497 e. The van der Waals surface area contributed by atoms with E-state index in [2.05, 4.69) is 5.32 Å². The topological polar surface area (TPSA) is 56.8 Å². The number of benzene rings is 1. The first kappa shape index (κ1) is 13.3. The van der Waals surface area contributed by atoms with Crippen molar-refractivity contribution in [2.45, 2.75) is 0 Å². The summed E-state index contributed by atoms with van der Waals surface area (Å²) in [5, 5.41) is 2.73. The van der Waals surface area contributed by atoms with Gasteiger partial charge < -0.3 is 19.5 Å². The molecule has 0 aliphatic heterocycles. The van der Waals surface area contributed by atoms with Gasteiger partial charge in [-0.25, -0.2) is 0 Å². The summed E-state index contributed by atoms with van der Waals surface area (Å²) in [6, 6.07) is 5.05. The quantitative estimate of drug-likeness (QED) is 0.755. The van der Waals surface area contributed by atoms with Crippen molar-refractivity contribution in [1.29, 1.82) is 0 Å². The first-order chi connectivity index (χ1) is 8.22. The van der Waals surface area contributed by atoms with Crippen LogP contribution in [0.25, 0.3) is 0 Å². The predicted molar refractivity (Wildman–Crippen MR) is 63.8 cm³/mol. The highest BCUT2D eigenvalue weighted by molar-refractivity contribution is 5.97. The van der Waals surface area contributed by atoms with Crippen molar-refractivity contribution in [3.05, 3.63) is 23.8 Å². The zero-order chi connectivity index (χ0) is 12.7. The van der Waals surface area contributed by atoms with E-state index in [0.29, 0.717) is 30.2 Å². The van der Waals surface area contributed by atoms with Crippen LogP contribution in [0.4, 0.5) is 0 Å². The monoisotopic (exact) mass is 239 g/mol. The van der Waals surface area contributed by atoms with Crippen LogP contribution in [-0.4, -0.2) is 40.4 Å². The van der Waals surface area contributed by atoms with Gasteiger partial charge in [0.2, 0.25) is 0 Å². The number of hydrogen-bond acceptors (Lipinski definition) is 4. The predicted octanol–water partition coefficient (Wildman–Crippen LogP) is 1.08. The zero-order valence-corrected chi connectivity index (χ0v) is 10.3. The minimum absolute atomic E-state index is 0.193. The molecule has 1 amide bonds. The van der Waals surface area contributed by atoms with Crippen LogP contribution in [0.1, 0.15) is 10.4 Å². The molecule has 0 unspecified atom stereocenters. The first-order valence-corrected chi connectivity index (χ1v) is 5.22. The summed E-state index contributed by atoms with van der Waals surface area (Å²) >= 11 is 0. The van der Waals surface area contributed by atoms with Gasteiger partial charge in [-0.05, 0) is 12.1 Å². The zero-order valence-electron chi connectivity index (χ0n) is 10.3. The van der Waals surface area contributed by atoms with Crippen LogP contribution in [0.5, 0.6) is 11.5 Å². The Morgan fingerprint density at radius 1 is 1.24 bits per heavy atom. The number of carbonyl (C=O) groups excluding carboxylic acids is 1. The molecule has 5 heteroatoms. The van der Waals surface area contributed by atoms with Crippen molar-refractivity contribution in [3.63, 3.8) is 0 Å². The van der Waals surface area contributed by atoms with Crippen molar-refractivity contribution in [2.24, 2.45) is 0 Å². The molecule has 1 N–H and O–H groups in total. The molecule has 1 rings (SSSR count). The normalized spacial score (nSPS) is 9.82. The number of ether oxygens (including phenoxy) is 3. The molecule has 0 saturated carbocycles. The molecule has 0 radical (unpaired) electrons. The van der Waals surface area contributed by atoms with Crippen molar-refractivity contribution in [2.75, 3.05) is 34.5 Å². The van der Waals surface area contributed by atoms with E-state index in [1.165, 1.54) is 7.11 Å². The van der Waals surface area contributed by atoms with Crippen molar-refractivity contribution >= 4 is 5.91 Å². The lowest BCUT2D eigenvalue weighted by Crippen LogP contribution is -2.27. The van der Waals surface area contributed by atoms with Gasteiger partial charge in [-0.3, -0.25) is 4.79 Å². The number of carbonyl (C=O) groups is 1. The van der Waals surface area contributed by atoms with Crippen LogP contribution >= 0.6 is 0 Å². The Balaban J connectivity index is 2.78. The standard InChI is InChI=1S/C12H17NO4/c1-15-7-6-13-12(14)10-5-4-9(16-2)8-11(10)17-3/h4-5,8H,6-7H2,1-3H3,(H,13,14). The van der Waals surface area contributed by atoms with E-state index in [-0.39, 0.29) is 5.91 Å². The lowest BCUT2D eigenvalue weighted by Gasteiger charge is -2.10. The maximum atomic E-state index is 11.8. The van der Waals surface area contributed by atoms with Crippen LogP contribution in [0.2, 0.25) is 0 Å². The molecule has 0 aliphatic carbocycles. The summed E-state index contributed by atoms with van der Waals surface area (Å²) in [5.74, 6) is 0.941. The van der Waals surface area contributed by atoms with Gasteiger partial charge in [-0.15, -0.1) is 0 Å². The fraction of sp³-hybridized carbons (Fsp3) is 0.417. The summed E-state index contributed by atoms with van der Waals surface area (Å²) in [4.78, 5) is 11.8. The number of amides is 1. The molecule has 0 aliphatic rings. The van der Waals surface area contributed by atoms with E-state index >= 15 is 0 Å². The third kappa shape index (κ3) is 3.64. The average molecular weight is 239 g/mol. The summed E-state index contributed by atoms with van der Waals surface area (Å²) in [6.07, 6.45) is 0. The van der Waals surface area contributed by atoms with E-state index in [0.717, 1.165) is 0 Å². The lowest BCUT2D eigenvalue weighted by atomic mass is 10.1. The highest BCUT2D eigenvalue weighted by atomic mass is 16.5. The SMILES string of the molecule is COCCNC(=O)c1ccc(OC)cc1OC. The minimum atomic E-state index is -0.193. The smallest absolute Gasteiger partial charge is 0.255 e. The Morgan fingerprint density at radius 2 is 2.00 bits per heavy atom. The van der Waals surface area contributed by atoms with E-state index < -0.39 is 0 Å². The number of hydrogen-bond donors (Lipinski definition) is 1. The van der Waals surface area contributed by atoms with Crippen LogP contribution in [0, 0.1) is 0 Å². The molecule has 94 valence electrons. The second kappa shape index (κ2) is 6.75. The van der Waals surface area contributed by atoms with Crippen LogP contribution in [0.15, 0.2) is 18.2 Å². The number of rotatable bonds is 6. The van der Waals surface area contributed by atoms with Gasteiger partial charge in [0.25, 0.3) is 5.91 Å². The van der Waals surface area contributed by atoms with Crippen molar-refractivity contribution < 1.29 is 19.0 Å². The molecule has 0 spiro atoms. The van der Waals surface area contributed by atoms with E-state index in [9.17, 15) is 4.79 Å². The Bertz CT molecular complexity index is 379.